The van der Waals surface area contributed by atoms with Gasteiger partial charge in [0.25, 0.3) is 5.91 Å². The Morgan fingerprint density at radius 1 is 1.45 bits per heavy atom. The standard InChI is InChI=1S/C16H23NO5/c1-4-5-11-6-13-15(14(7-11)21-3)22-10(2)16(20)17(13)8-12(19)9-18/h6-7,10,12,18-19H,4-5,8-9H2,1-3H3. The van der Waals surface area contributed by atoms with Crippen molar-refractivity contribution in [3.05, 3.63) is 17.7 Å². The Kier molecular flexibility index (Phi) is 5.26. The molecule has 2 rings (SSSR count). The van der Waals surface area contributed by atoms with Crippen LogP contribution in [0.25, 0.3) is 0 Å². The summed E-state index contributed by atoms with van der Waals surface area (Å²) in [5, 5.41) is 18.8. The quantitative estimate of drug-likeness (QED) is 0.823. The fourth-order valence-corrected chi connectivity index (χ4v) is 2.57. The van der Waals surface area contributed by atoms with Crippen LogP contribution in [0.4, 0.5) is 5.69 Å². The highest BCUT2D eigenvalue weighted by Gasteiger charge is 2.34. The first kappa shape index (κ1) is 16.6. The third-order valence-electron chi connectivity index (χ3n) is 3.66. The number of hydrogen-bond acceptors (Lipinski definition) is 5. The van der Waals surface area contributed by atoms with Crippen molar-refractivity contribution in [1.29, 1.82) is 0 Å². The van der Waals surface area contributed by atoms with Crippen LogP contribution in [0.3, 0.4) is 0 Å². The first-order chi connectivity index (χ1) is 10.5. The smallest absolute Gasteiger partial charge is 0.267 e. The Balaban J connectivity index is 2.49. The lowest BCUT2D eigenvalue weighted by Gasteiger charge is -2.35. The maximum atomic E-state index is 12.4. The highest BCUT2D eigenvalue weighted by Crippen LogP contribution is 2.43. The SMILES string of the molecule is CCCc1cc(OC)c2c(c1)N(CC(O)CO)C(=O)C(C)O2. The number of rotatable bonds is 6. The van der Waals surface area contributed by atoms with E-state index in [1.54, 1.807) is 14.0 Å². The van der Waals surface area contributed by atoms with Gasteiger partial charge in [-0.2, -0.15) is 0 Å². The highest BCUT2D eigenvalue weighted by atomic mass is 16.5. The molecule has 1 aromatic rings. The minimum atomic E-state index is -0.997. The van der Waals surface area contributed by atoms with E-state index in [0.29, 0.717) is 17.2 Å². The van der Waals surface area contributed by atoms with Crippen molar-refractivity contribution < 1.29 is 24.5 Å². The second-order valence-electron chi connectivity index (χ2n) is 5.44. The van der Waals surface area contributed by atoms with Gasteiger partial charge in [0.1, 0.15) is 0 Å². The molecule has 6 nitrogen and oxygen atoms in total. The zero-order chi connectivity index (χ0) is 16.3. The van der Waals surface area contributed by atoms with E-state index in [-0.39, 0.29) is 12.5 Å². The van der Waals surface area contributed by atoms with Crippen molar-refractivity contribution in [2.45, 2.75) is 38.9 Å². The van der Waals surface area contributed by atoms with E-state index in [9.17, 15) is 9.90 Å². The molecule has 0 spiro atoms. The topological polar surface area (TPSA) is 79.2 Å². The van der Waals surface area contributed by atoms with Gasteiger partial charge in [-0.05, 0) is 31.0 Å². The van der Waals surface area contributed by atoms with Crippen molar-refractivity contribution in [2.75, 3.05) is 25.2 Å². The minimum absolute atomic E-state index is 0.0226. The Morgan fingerprint density at radius 3 is 2.77 bits per heavy atom. The number of benzene rings is 1. The zero-order valence-electron chi connectivity index (χ0n) is 13.2. The number of amides is 1. The van der Waals surface area contributed by atoms with Crippen molar-refractivity contribution in [2.24, 2.45) is 0 Å². The Morgan fingerprint density at radius 2 is 2.18 bits per heavy atom. The number of nitrogens with zero attached hydrogens (tertiary/aromatic N) is 1. The molecule has 122 valence electrons. The van der Waals surface area contributed by atoms with E-state index in [1.165, 1.54) is 4.90 Å². The van der Waals surface area contributed by atoms with Gasteiger partial charge in [0.2, 0.25) is 0 Å². The van der Waals surface area contributed by atoms with Crippen LogP contribution in [-0.4, -0.2) is 48.6 Å². The van der Waals surface area contributed by atoms with Crippen molar-refractivity contribution in [3.63, 3.8) is 0 Å². The van der Waals surface area contributed by atoms with Crippen molar-refractivity contribution in [3.8, 4) is 11.5 Å². The van der Waals surface area contributed by atoms with Gasteiger partial charge in [0.05, 0.1) is 32.1 Å². The number of ether oxygens (including phenoxy) is 2. The molecule has 22 heavy (non-hydrogen) atoms. The second kappa shape index (κ2) is 6.98. The van der Waals surface area contributed by atoms with Crippen molar-refractivity contribution >= 4 is 11.6 Å². The number of carbonyl (C=O) groups is 1. The zero-order valence-corrected chi connectivity index (χ0v) is 13.2. The van der Waals surface area contributed by atoms with Gasteiger partial charge in [0, 0.05) is 0 Å². The number of aryl methyl sites for hydroxylation is 1. The second-order valence-corrected chi connectivity index (χ2v) is 5.44. The van der Waals surface area contributed by atoms with Crippen molar-refractivity contribution in [1.82, 2.24) is 0 Å². The van der Waals surface area contributed by atoms with Gasteiger partial charge in [-0.1, -0.05) is 13.3 Å². The van der Waals surface area contributed by atoms with Crippen LogP contribution < -0.4 is 14.4 Å². The number of β-amino-alcohol motifs (C(OH)–C–C–N with tert-alkyl or cyclic N) is 1. The molecule has 2 atom stereocenters. The van der Waals surface area contributed by atoms with Crippen LogP contribution in [0.2, 0.25) is 0 Å². The summed E-state index contributed by atoms with van der Waals surface area (Å²) >= 11 is 0. The fourth-order valence-electron chi connectivity index (χ4n) is 2.57. The van der Waals surface area contributed by atoms with Gasteiger partial charge in [-0.25, -0.2) is 0 Å². The molecule has 2 unspecified atom stereocenters. The van der Waals surface area contributed by atoms with E-state index >= 15 is 0 Å². The summed E-state index contributed by atoms with van der Waals surface area (Å²) in [4.78, 5) is 13.8. The molecule has 1 amide bonds. The predicted molar refractivity (Wildman–Crippen MR) is 82.5 cm³/mol. The number of methoxy groups -OCH3 is 1. The largest absolute Gasteiger partial charge is 0.493 e. The minimum Gasteiger partial charge on any atom is -0.493 e. The van der Waals surface area contributed by atoms with Gasteiger partial charge in [-0.15, -0.1) is 0 Å². The average Bonchev–Trinajstić information content (AvgIpc) is 2.51. The summed E-state index contributed by atoms with van der Waals surface area (Å²) in [6.45, 7) is 3.35. The van der Waals surface area contributed by atoms with Crippen LogP contribution in [-0.2, 0) is 11.2 Å². The van der Waals surface area contributed by atoms with Crippen LogP contribution >= 0.6 is 0 Å². The van der Waals surface area contributed by atoms with E-state index < -0.39 is 18.8 Å². The molecule has 0 saturated carbocycles. The van der Waals surface area contributed by atoms with E-state index in [0.717, 1.165) is 18.4 Å². The molecule has 6 heteroatoms. The van der Waals surface area contributed by atoms with Crippen LogP contribution in [0.1, 0.15) is 25.8 Å². The number of anilines is 1. The lowest BCUT2D eigenvalue weighted by molar-refractivity contribution is -0.126. The lowest BCUT2D eigenvalue weighted by Crippen LogP contribution is -2.48. The number of fused-ring (bicyclic) bond motifs is 1. The molecule has 0 aliphatic carbocycles. The summed E-state index contributed by atoms with van der Waals surface area (Å²) in [6, 6.07) is 3.79. The number of aliphatic hydroxyl groups excluding tert-OH is 2. The first-order valence-electron chi connectivity index (χ1n) is 7.49. The van der Waals surface area contributed by atoms with E-state index in [2.05, 4.69) is 6.92 Å². The van der Waals surface area contributed by atoms with Gasteiger partial charge in [0.15, 0.2) is 17.6 Å². The molecule has 0 fully saturated rings. The van der Waals surface area contributed by atoms with E-state index in [1.807, 2.05) is 12.1 Å². The number of aliphatic hydroxyl groups is 2. The van der Waals surface area contributed by atoms with Crippen LogP contribution in [0.15, 0.2) is 12.1 Å². The normalized spacial score (nSPS) is 18.7. The molecule has 0 bridgehead atoms. The Labute approximate surface area is 130 Å². The number of carbonyl (C=O) groups excluding carboxylic acids is 1. The summed E-state index contributed by atoms with van der Waals surface area (Å²) in [7, 11) is 1.56. The Hall–Kier alpha value is -1.79. The van der Waals surface area contributed by atoms with Gasteiger partial charge >= 0.3 is 0 Å². The molecule has 1 aliphatic rings. The third kappa shape index (κ3) is 3.18. The molecule has 0 aromatic heterocycles. The Bertz CT molecular complexity index is 546. The van der Waals surface area contributed by atoms with Gasteiger partial charge in [-0.3, -0.25) is 4.79 Å². The monoisotopic (exact) mass is 309 g/mol. The molecule has 1 aliphatic heterocycles. The average molecular weight is 309 g/mol. The molecular formula is C16H23NO5. The summed E-state index contributed by atoms with van der Waals surface area (Å²) in [6.07, 6.45) is 0.156. The molecule has 0 radical (unpaired) electrons. The number of hydrogen-bond donors (Lipinski definition) is 2. The molecular weight excluding hydrogens is 286 g/mol. The predicted octanol–water partition coefficient (Wildman–Crippen LogP) is 1.11. The van der Waals surface area contributed by atoms with E-state index in [4.69, 9.17) is 14.6 Å². The summed E-state index contributed by atoms with van der Waals surface area (Å²) in [5.74, 6) is 0.832. The molecule has 1 heterocycles. The third-order valence-corrected chi connectivity index (χ3v) is 3.66. The first-order valence-corrected chi connectivity index (χ1v) is 7.49. The van der Waals surface area contributed by atoms with Crippen LogP contribution in [0, 0.1) is 0 Å². The van der Waals surface area contributed by atoms with Gasteiger partial charge < -0.3 is 24.6 Å². The highest BCUT2D eigenvalue weighted by molar-refractivity contribution is 6.00. The maximum Gasteiger partial charge on any atom is 0.267 e. The molecule has 1 aromatic carbocycles. The summed E-state index contributed by atoms with van der Waals surface area (Å²) in [5.41, 5.74) is 1.62. The molecule has 0 saturated heterocycles. The summed E-state index contributed by atoms with van der Waals surface area (Å²) < 4.78 is 11.1. The lowest BCUT2D eigenvalue weighted by atomic mass is 10.1. The maximum absolute atomic E-state index is 12.4. The van der Waals surface area contributed by atoms with Crippen LogP contribution in [0.5, 0.6) is 11.5 Å². The fraction of sp³-hybridized carbons (Fsp3) is 0.562. The molecule has 2 N–H and O–H groups in total.